The molecule has 27 heavy (non-hydrogen) atoms. The highest BCUT2D eigenvalue weighted by Crippen LogP contribution is 2.23. The standard InChI is InChI=1S/C22H21N3.C2H6/c1-4-9-17(5-2)20-23-21(18-10-7-6-8-11-18)25-22(24-20)19-14-12-16(3)13-15-19;1-2/h4-15H,1-3H3;1-2H3/b9-4-,17-5+;. The number of hydrogen-bond acceptors (Lipinski definition) is 3. The summed E-state index contributed by atoms with van der Waals surface area (Å²) in [5.74, 6) is 2.06. The number of aryl methyl sites for hydroxylation is 1. The summed E-state index contributed by atoms with van der Waals surface area (Å²) in [6.07, 6.45) is 6.03. The van der Waals surface area contributed by atoms with Gasteiger partial charge in [0.1, 0.15) is 0 Å². The van der Waals surface area contributed by atoms with Crippen LogP contribution in [0, 0.1) is 6.92 Å². The molecule has 3 rings (SSSR count). The normalized spacial score (nSPS) is 11.2. The Kier molecular flexibility index (Phi) is 7.63. The third kappa shape index (κ3) is 5.20. The molecule has 0 spiro atoms. The molecule has 0 bridgehead atoms. The van der Waals surface area contributed by atoms with Crippen molar-refractivity contribution >= 4 is 5.57 Å². The van der Waals surface area contributed by atoms with Crippen molar-refractivity contribution in [2.45, 2.75) is 34.6 Å². The molecule has 3 heteroatoms. The maximum absolute atomic E-state index is 4.71. The van der Waals surface area contributed by atoms with Gasteiger partial charge in [-0.1, -0.05) is 92.2 Å². The van der Waals surface area contributed by atoms with Gasteiger partial charge < -0.3 is 0 Å². The van der Waals surface area contributed by atoms with Crippen LogP contribution in [0.1, 0.15) is 39.1 Å². The van der Waals surface area contributed by atoms with E-state index < -0.39 is 0 Å². The molecule has 0 aliphatic carbocycles. The molecule has 0 unspecified atom stereocenters. The van der Waals surface area contributed by atoms with Crippen LogP contribution in [0.25, 0.3) is 28.3 Å². The predicted octanol–water partition coefficient (Wildman–Crippen LogP) is 6.52. The molecule has 0 atom stereocenters. The summed E-state index contributed by atoms with van der Waals surface area (Å²) in [4.78, 5) is 14.1. The third-order valence-electron chi connectivity index (χ3n) is 3.89. The van der Waals surface area contributed by atoms with E-state index in [0.717, 1.165) is 16.7 Å². The second kappa shape index (κ2) is 10.2. The maximum atomic E-state index is 4.71. The number of nitrogens with zero attached hydrogens (tertiary/aromatic N) is 3. The van der Waals surface area contributed by atoms with E-state index >= 15 is 0 Å². The molecule has 0 saturated carbocycles. The van der Waals surface area contributed by atoms with Gasteiger partial charge >= 0.3 is 0 Å². The molecular formula is C24H27N3. The summed E-state index contributed by atoms with van der Waals surface area (Å²) in [6.45, 7) is 10.1. The number of aromatic nitrogens is 3. The lowest BCUT2D eigenvalue weighted by Gasteiger charge is -2.08. The van der Waals surface area contributed by atoms with E-state index in [4.69, 9.17) is 15.0 Å². The Morgan fingerprint density at radius 1 is 0.741 bits per heavy atom. The van der Waals surface area contributed by atoms with Gasteiger partial charge in [0.25, 0.3) is 0 Å². The Balaban J connectivity index is 0.00000126. The van der Waals surface area contributed by atoms with Crippen LogP contribution >= 0.6 is 0 Å². The first-order valence-corrected chi connectivity index (χ1v) is 9.39. The lowest BCUT2D eigenvalue weighted by molar-refractivity contribution is 1.04. The van der Waals surface area contributed by atoms with Crippen LogP contribution in [-0.4, -0.2) is 15.0 Å². The molecule has 138 valence electrons. The first-order chi connectivity index (χ1) is 13.2. The first-order valence-electron chi connectivity index (χ1n) is 9.39. The van der Waals surface area contributed by atoms with Crippen molar-refractivity contribution in [2.24, 2.45) is 0 Å². The van der Waals surface area contributed by atoms with Crippen molar-refractivity contribution in [3.8, 4) is 22.8 Å². The molecule has 0 N–H and O–H groups in total. The van der Waals surface area contributed by atoms with Crippen molar-refractivity contribution in [2.75, 3.05) is 0 Å². The van der Waals surface area contributed by atoms with Crippen molar-refractivity contribution in [1.29, 1.82) is 0 Å². The lowest BCUT2D eigenvalue weighted by Crippen LogP contribution is -2.02. The Hall–Kier alpha value is -3.07. The van der Waals surface area contributed by atoms with E-state index in [1.807, 2.05) is 88.4 Å². The molecule has 3 nitrogen and oxygen atoms in total. The summed E-state index contributed by atoms with van der Waals surface area (Å²) in [5.41, 5.74) is 4.16. The van der Waals surface area contributed by atoms with Crippen LogP contribution in [0.4, 0.5) is 0 Å². The van der Waals surface area contributed by atoms with Gasteiger partial charge in [-0.25, -0.2) is 15.0 Å². The number of hydrogen-bond donors (Lipinski definition) is 0. The van der Waals surface area contributed by atoms with Crippen molar-refractivity contribution < 1.29 is 0 Å². The molecule has 0 fully saturated rings. The van der Waals surface area contributed by atoms with Crippen LogP contribution < -0.4 is 0 Å². The summed E-state index contributed by atoms with van der Waals surface area (Å²) >= 11 is 0. The Labute approximate surface area is 162 Å². The zero-order valence-electron chi connectivity index (χ0n) is 16.8. The quantitative estimate of drug-likeness (QED) is 0.499. The predicted molar refractivity (Wildman–Crippen MR) is 115 cm³/mol. The fourth-order valence-corrected chi connectivity index (χ4v) is 2.53. The monoisotopic (exact) mass is 357 g/mol. The SMILES string of the molecule is C/C=C\C(=C/C)c1nc(-c2ccccc2)nc(-c2ccc(C)cc2)n1.CC. The van der Waals surface area contributed by atoms with Gasteiger partial charge in [-0.2, -0.15) is 0 Å². The molecule has 0 radical (unpaired) electrons. The van der Waals surface area contributed by atoms with Gasteiger partial charge in [0.2, 0.25) is 0 Å². The second-order valence-electron chi connectivity index (χ2n) is 5.78. The van der Waals surface area contributed by atoms with Crippen molar-refractivity contribution in [3.63, 3.8) is 0 Å². The molecule has 0 saturated heterocycles. The summed E-state index contributed by atoms with van der Waals surface area (Å²) in [6, 6.07) is 18.3. The number of benzene rings is 2. The summed E-state index contributed by atoms with van der Waals surface area (Å²) < 4.78 is 0. The number of allylic oxidation sites excluding steroid dienone is 4. The molecule has 0 aliphatic rings. The van der Waals surface area contributed by atoms with E-state index in [2.05, 4.69) is 19.1 Å². The van der Waals surface area contributed by atoms with Gasteiger partial charge in [0.15, 0.2) is 17.5 Å². The second-order valence-corrected chi connectivity index (χ2v) is 5.78. The summed E-state index contributed by atoms with van der Waals surface area (Å²) in [5, 5.41) is 0. The topological polar surface area (TPSA) is 38.7 Å². The molecule has 0 aliphatic heterocycles. The van der Waals surface area contributed by atoms with E-state index in [1.165, 1.54) is 5.56 Å². The van der Waals surface area contributed by atoms with Gasteiger partial charge in [-0.05, 0) is 20.8 Å². The molecule has 1 heterocycles. The van der Waals surface area contributed by atoms with Crippen molar-refractivity contribution in [3.05, 3.63) is 84.2 Å². The Morgan fingerprint density at radius 2 is 1.30 bits per heavy atom. The Bertz CT molecular complexity index is 908. The molecule has 1 aromatic heterocycles. The molecule has 3 aromatic rings. The van der Waals surface area contributed by atoms with Crippen LogP contribution in [-0.2, 0) is 0 Å². The van der Waals surface area contributed by atoms with Crippen LogP contribution in [0.2, 0.25) is 0 Å². The smallest absolute Gasteiger partial charge is 0.164 e. The highest BCUT2D eigenvalue weighted by atomic mass is 15.0. The summed E-state index contributed by atoms with van der Waals surface area (Å²) in [7, 11) is 0. The minimum Gasteiger partial charge on any atom is -0.208 e. The van der Waals surface area contributed by atoms with Crippen LogP contribution in [0.15, 0.2) is 72.8 Å². The van der Waals surface area contributed by atoms with E-state index in [1.54, 1.807) is 0 Å². The lowest BCUT2D eigenvalue weighted by atomic mass is 10.1. The number of rotatable bonds is 4. The van der Waals surface area contributed by atoms with E-state index in [0.29, 0.717) is 17.5 Å². The Morgan fingerprint density at radius 3 is 1.81 bits per heavy atom. The fraction of sp³-hybridized carbons (Fsp3) is 0.208. The van der Waals surface area contributed by atoms with Gasteiger partial charge in [0.05, 0.1) is 0 Å². The zero-order valence-corrected chi connectivity index (χ0v) is 16.8. The largest absolute Gasteiger partial charge is 0.208 e. The fourth-order valence-electron chi connectivity index (χ4n) is 2.53. The van der Waals surface area contributed by atoms with E-state index in [-0.39, 0.29) is 0 Å². The highest BCUT2D eigenvalue weighted by Gasteiger charge is 2.11. The zero-order chi connectivity index (χ0) is 19.6. The van der Waals surface area contributed by atoms with E-state index in [9.17, 15) is 0 Å². The molecular weight excluding hydrogens is 330 g/mol. The first kappa shape index (κ1) is 20.2. The average Bonchev–Trinajstić information content (AvgIpc) is 2.74. The van der Waals surface area contributed by atoms with Crippen LogP contribution in [0.5, 0.6) is 0 Å². The van der Waals surface area contributed by atoms with Crippen molar-refractivity contribution in [1.82, 2.24) is 15.0 Å². The molecule has 0 amide bonds. The highest BCUT2D eigenvalue weighted by molar-refractivity contribution is 5.72. The minimum atomic E-state index is 0.685. The molecule has 2 aromatic carbocycles. The average molecular weight is 358 g/mol. The maximum Gasteiger partial charge on any atom is 0.164 e. The minimum absolute atomic E-state index is 0.685. The van der Waals surface area contributed by atoms with Gasteiger partial charge in [-0.15, -0.1) is 0 Å². The van der Waals surface area contributed by atoms with Gasteiger partial charge in [0, 0.05) is 16.7 Å². The van der Waals surface area contributed by atoms with Crippen LogP contribution in [0.3, 0.4) is 0 Å². The van der Waals surface area contributed by atoms with Gasteiger partial charge in [-0.3, -0.25) is 0 Å². The third-order valence-corrected chi connectivity index (χ3v) is 3.89.